The maximum Gasteiger partial charge on any atom is 0.259 e. The Balaban J connectivity index is 1.59. The van der Waals surface area contributed by atoms with Crippen LogP contribution in [0.2, 0.25) is 0 Å². The zero-order valence-corrected chi connectivity index (χ0v) is 14.8. The third-order valence-electron chi connectivity index (χ3n) is 4.04. The fraction of sp³-hybridized carbons (Fsp3) is 0.143. The first-order chi connectivity index (χ1) is 12.7. The number of nitrogens with zero attached hydrogens (tertiary/aromatic N) is 1. The molecule has 26 heavy (non-hydrogen) atoms. The van der Waals surface area contributed by atoms with E-state index in [1.165, 1.54) is 5.39 Å². The summed E-state index contributed by atoms with van der Waals surface area (Å²) in [6.45, 7) is 2.00. The molecule has 5 nitrogen and oxygen atoms in total. The van der Waals surface area contributed by atoms with Crippen molar-refractivity contribution in [3.05, 3.63) is 72.3 Å². The predicted octanol–water partition coefficient (Wildman–Crippen LogP) is 3.80. The van der Waals surface area contributed by atoms with E-state index in [0.717, 1.165) is 28.1 Å². The molecule has 0 heterocycles. The molecule has 0 aliphatic heterocycles. The lowest BCUT2D eigenvalue weighted by molar-refractivity contribution is -0.119. The van der Waals surface area contributed by atoms with Gasteiger partial charge in [0, 0.05) is 11.8 Å². The van der Waals surface area contributed by atoms with Gasteiger partial charge in [-0.2, -0.15) is 5.10 Å². The zero-order valence-electron chi connectivity index (χ0n) is 14.8. The summed E-state index contributed by atoms with van der Waals surface area (Å²) in [5.74, 6) is 0.522. The van der Waals surface area contributed by atoms with Crippen molar-refractivity contribution in [1.29, 1.82) is 0 Å². The van der Waals surface area contributed by atoms with Gasteiger partial charge in [0.25, 0.3) is 5.91 Å². The van der Waals surface area contributed by atoms with E-state index in [4.69, 9.17) is 4.74 Å². The molecule has 0 aliphatic carbocycles. The Kier molecular flexibility index (Phi) is 5.49. The second kappa shape index (κ2) is 8.16. The Labute approximate surface area is 152 Å². The number of methoxy groups -OCH3 is 1. The summed E-state index contributed by atoms with van der Waals surface area (Å²) in [5.41, 5.74) is 5.13. The van der Waals surface area contributed by atoms with Gasteiger partial charge < -0.3 is 10.1 Å². The van der Waals surface area contributed by atoms with Crippen LogP contribution in [0.15, 0.2) is 71.8 Å². The van der Waals surface area contributed by atoms with Gasteiger partial charge in [0.2, 0.25) is 0 Å². The molecule has 0 unspecified atom stereocenters. The van der Waals surface area contributed by atoms with Crippen molar-refractivity contribution >= 4 is 28.1 Å². The van der Waals surface area contributed by atoms with E-state index in [-0.39, 0.29) is 12.5 Å². The van der Waals surface area contributed by atoms with Crippen LogP contribution in [0.5, 0.6) is 5.75 Å². The molecule has 5 heteroatoms. The van der Waals surface area contributed by atoms with Gasteiger partial charge in [-0.1, -0.05) is 42.5 Å². The molecule has 0 aliphatic rings. The topological polar surface area (TPSA) is 62.7 Å². The fourth-order valence-corrected chi connectivity index (χ4v) is 2.58. The first-order valence-electron chi connectivity index (χ1n) is 8.36. The summed E-state index contributed by atoms with van der Waals surface area (Å²) in [5, 5.41) is 9.57. The lowest BCUT2D eigenvalue weighted by atomic mass is 10.0. The Bertz CT molecular complexity index is 951. The summed E-state index contributed by atoms with van der Waals surface area (Å²) in [7, 11) is 1.61. The van der Waals surface area contributed by atoms with Crippen LogP contribution in [0.3, 0.4) is 0 Å². The molecule has 2 N–H and O–H groups in total. The summed E-state index contributed by atoms with van der Waals surface area (Å²) in [6, 6.07) is 21.7. The smallest absolute Gasteiger partial charge is 0.259 e. The molecule has 3 aromatic carbocycles. The molecule has 3 aromatic rings. The summed E-state index contributed by atoms with van der Waals surface area (Å²) in [4.78, 5) is 12.0. The number of fused-ring (bicyclic) bond motifs is 1. The maximum atomic E-state index is 12.0. The zero-order chi connectivity index (χ0) is 18.4. The summed E-state index contributed by atoms with van der Waals surface area (Å²) < 4.78 is 5.16. The lowest BCUT2D eigenvalue weighted by Crippen LogP contribution is -2.26. The number of benzene rings is 3. The van der Waals surface area contributed by atoms with Crippen molar-refractivity contribution < 1.29 is 9.53 Å². The molecule has 0 saturated heterocycles. The van der Waals surface area contributed by atoms with Crippen LogP contribution in [0.1, 0.15) is 12.5 Å². The average Bonchev–Trinajstić information content (AvgIpc) is 2.70. The maximum absolute atomic E-state index is 12.0. The van der Waals surface area contributed by atoms with E-state index in [0.29, 0.717) is 0 Å². The van der Waals surface area contributed by atoms with Crippen molar-refractivity contribution in [2.24, 2.45) is 5.10 Å². The second-order valence-electron chi connectivity index (χ2n) is 5.88. The van der Waals surface area contributed by atoms with Crippen LogP contribution >= 0.6 is 0 Å². The van der Waals surface area contributed by atoms with Crippen LogP contribution in [0.25, 0.3) is 10.8 Å². The van der Waals surface area contributed by atoms with Crippen molar-refractivity contribution in [1.82, 2.24) is 5.43 Å². The van der Waals surface area contributed by atoms with E-state index in [2.05, 4.69) is 40.1 Å². The van der Waals surface area contributed by atoms with Crippen molar-refractivity contribution in [3.63, 3.8) is 0 Å². The summed E-state index contributed by atoms with van der Waals surface area (Å²) in [6.07, 6.45) is 0. The number of hydrogen-bond donors (Lipinski definition) is 2. The van der Waals surface area contributed by atoms with Gasteiger partial charge in [-0.3, -0.25) is 4.79 Å². The first-order valence-corrected chi connectivity index (χ1v) is 8.36. The van der Waals surface area contributed by atoms with Gasteiger partial charge >= 0.3 is 0 Å². The monoisotopic (exact) mass is 347 g/mol. The van der Waals surface area contributed by atoms with E-state index in [1.807, 2.05) is 49.4 Å². The molecule has 0 radical (unpaired) electrons. The van der Waals surface area contributed by atoms with E-state index >= 15 is 0 Å². The fourth-order valence-electron chi connectivity index (χ4n) is 2.58. The number of carbonyl (C=O) groups is 1. The Morgan fingerprint density at radius 3 is 2.62 bits per heavy atom. The third kappa shape index (κ3) is 4.39. The molecule has 0 aromatic heterocycles. The molecule has 0 spiro atoms. The number of hydrogen-bond acceptors (Lipinski definition) is 4. The largest absolute Gasteiger partial charge is 0.497 e. The number of hydrazone groups is 1. The molecule has 1 amide bonds. The van der Waals surface area contributed by atoms with Crippen molar-refractivity contribution in [2.75, 3.05) is 19.0 Å². The number of amides is 1. The van der Waals surface area contributed by atoms with Gasteiger partial charge in [0.1, 0.15) is 5.75 Å². The van der Waals surface area contributed by atoms with Crippen molar-refractivity contribution in [2.45, 2.75) is 6.92 Å². The molecular formula is C21H21N3O2. The van der Waals surface area contributed by atoms with E-state index in [1.54, 1.807) is 7.11 Å². The molecular weight excluding hydrogens is 326 g/mol. The Morgan fingerprint density at radius 2 is 1.81 bits per heavy atom. The minimum atomic E-state index is -0.215. The van der Waals surface area contributed by atoms with Crippen LogP contribution in [0, 0.1) is 0 Å². The summed E-state index contributed by atoms with van der Waals surface area (Å²) >= 11 is 0. The Hall–Kier alpha value is -3.34. The number of rotatable bonds is 6. The van der Waals surface area contributed by atoms with Crippen LogP contribution < -0.4 is 15.5 Å². The highest BCUT2D eigenvalue weighted by molar-refractivity contribution is 6.02. The standard InChI is InChI=1S/C21H21N3O2/c1-15(17-11-10-16-6-3-4-7-18(16)12-17)23-24-21(25)14-22-19-8-5-9-20(13-19)26-2/h3-13,22H,14H2,1-2H3,(H,24,25)/b23-15-. The lowest BCUT2D eigenvalue weighted by Gasteiger charge is -2.08. The Morgan fingerprint density at radius 1 is 1.00 bits per heavy atom. The van der Waals surface area contributed by atoms with Gasteiger partial charge in [0.05, 0.1) is 19.4 Å². The molecule has 0 atom stereocenters. The minimum absolute atomic E-state index is 0.127. The number of nitrogens with one attached hydrogen (secondary N) is 2. The number of ether oxygens (including phenoxy) is 1. The van der Waals surface area contributed by atoms with E-state index < -0.39 is 0 Å². The van der Waals surface area contributed by atoms with Crippen LogP contribution in [-0.2, 0) is 4.79 Å². The average molecular weight is 347 g/mol. The molecule has 3 rings (SSSR count). The minimum Gasteiger partial charge on any atom is -0.497 e. The molecule has 0 fully saturated rings. The van der Waals surface area contributed by atoms with Gasteiger partial charge in [0.15, 0.2) is 0 Å². The van der Waals surface area contributed by atoms with Crippen LogP contribution in [-0.4, -0.2) is 25.3 Å². The predicted molar refractivity (Wildman–Crippen MR) is 106 cm³/mol. The van der Waals surface area contributed by atoms with E-state index in [9.17, 15) is 4.79 Å². The quantitative estimate of drug-likeness (QED) is 0.527. The highest BCUT2D eigenvalue weighted by Gasteiger charge is 2.03. The van der Waals surface area contributed by atoms with Crippen molar-refractivity contribution in [3.8, 4) is 5.75 Å². The molecule has 0 saturated carbocycles. The van der Waals surface area contributed by atoms with Gasteiger partial charge in [-0.05, 0) is 41.5 Å². The van der Waals surface area contributed by atoms with Gasteiger partial charge in [-0.15, -0.1) is 0 Å². The SMILES string of the molecule is COc1cccc(NCC(=O)N/N=C(/C)c2ccc3ccccc3c2)c1. The highest BCUT2D eigenvalue weighted by atomic mass is 16.5. The van der Waals surface area contributed by atoms with Crippen LogP contribution in [0.4, 0.5) is 5.69 Å². The number of carbonyl (C=O) groups excluding carboxylic acids is 1. The molecule has 0 bridgehead atoms. The number of anilines is 1. The normalized spacial score (nSPS) is 11.2. The van der Waals surface area contributed by atoms with Gasteiger partial charge in [-0.25, -0.2) is 5.43 Å². The molecule has 132 valence electrons. The third-order valence-corrected chi connectivity index (χ3v) is 4.04. The first kappa shape index (κ1) is 17.5. The second-order valence-corrected chi connectivity index (χ2v) is 5.88. The highest BCUT2D eigenvalue weighted by Crippen LogP contribution is 2.17.